The van der Waals surface area contributed by atoms with Crippen LogP contribution in [-0.2, 0) is 9.53 Å². The molecule has 0 fully saturated rings. The first-order valence-electron chi connectivity index (χ1n) is 5.46. The Morgan fingerprint density at radius 1 is 1.00 bits per heavy atom. The minimum Gasteiger partial charge on any atom is -0.466 e. The van der Waals surface area contributed by atoms with Gasteiger partial charge in [-0.15, -0.1) is 0 Å². The fraction of sp³-hybridized carbons (Fsp3) is 0.909. The van der Waals surface area contributed by atoms with Gasteiger partial charge in [-0.1, -0.05) is 48.0 Å². The van der Waals surface area contributed by atoms with E-state index in [2.05, 4.69) is 15.9 Å². The number of carbonyl (C=O) groups excluding carboxylic acids is 1. The van der Waals surface area contributed by atoms with Gasteiger partial charge in [-0.2, -0.15) is 0 Å². The second-order valence-corrected chi connectivity index (χ2v) is 4.30. The predicted octanol–water partition coefficient (Wildman–Crippen LogP) is 3.68. The van der Waals surface area contributed by atoms with E-state index in [4.69, 9.17) is 4.74 Å². The van der Waals surface area contributed by atoms with Gasteiger partial charge in [-0.3, -0.25) is 4.79 Å². The third-order valence-electron chi connectivity index (χ3n) is 2.08. The molecule has 0 aromatic carbocycles. The van der Waals surface area contributed by atoms with E-state index in [0.29, 0.717) is 6.61 Å². The van der Waals surface area contributed by atoms with E-state index in [1.54, 1.807) is 0 Å². The molecule has 0 amide bonds. The normalized spacial score (nSPS) is 10.1. The van der Waals surface area contributed by atoms with E-state index in [1.165, 1.54) is 45.4 Å². The van der Waals surface area contributed by atoms with Crippen molar-refractivity contribution in [3.8, 4) is 0 Å². The number of esters is 1. The van der Waals surface area contributed by atoms with Crippen LogP contribution in [0.4, 0.5) is 0 Å². The molecule has 0 aliphatic heterocycles. The van der Waals surface area contributed by atoms with Crippen molar-refractivity contribution in [2.24, 2.45) is 0 Å². The lowest BCUT2D eigenvalue weighted by Crippen LogP contribution is -2.00. The minimum atomic E-state index is -0.165. The van der Waals surface area contributed by atoms with Gasteiger partial charge in [0.15, 0.2) is 0 Å². The summed E-state index contributed by atoms with van der Waals surface area (Å²) in [5.41, 5.74) is 0. The molecular weight excluding hydrogens is 244 g/mol. The van der Waals surface area contributed by atoms with Crippen LogP contribution in [0.1, 0.15) is 51.9 Å². The summed E-state index contributed by atoms with van der Waals surface area (Å²) in [6, 6.07) is 0. The van der Waals surface area contributed by atoms with Gasteiger partial charge in [0.05, 0.1) is 6.61 Å². The molecule has 14 heavy (non-hydrogen) atoms. The molecule has 0 spiro atoms. The van der Waals surface area contributed by atoms with Crippen molar-refractivity contribution in [3.05, 3.63) is 0 Å². The largest absolute Gasteiger partial charge is 0.466 e. The molecule has 0 aliphatic carbocycles. The predicted molar refractivity (Wildman–Crippen MR) is 62.7 cm³/mol. The molecule has 0 N–H and O–H groups in total. The first-order chi connectivity index (χ1) is 6.77. The molecule has 3 heteroatoms. The van der Waals surface area contributed by atoms with Crippen LogP contribution in [0.2, 0.25) is 0 Å². The highest BCUT2D eigenvalue weighted by molar-refractivity contribution is 9.09. The first-order valence-corrected chi connectivity index (χ1v) is 6.59. The Morgan fingerprint density at radius 2 is 1.50 bits per heavy atom. The highest BCUT2D eigenvalue weighted by Gasteiger charge is 1.93. The molecule has 0 rings (SSSR count). The zero-order valence-electron chi connectivity index (χ0n) is 9.06. The Hall–Kier alpha value is -0.0500. The van der Waals surface area contributed by atoms with E-state index >= 15 is 0 Å². The summed E-state index contributed by atoms with van der Waals surface area (Å²) in [5.74, 6) is -0.165. The van der Waals surface area contributed by atoms with E-state index in [9.17, 15) is 4.79 Å². The molecule has 0 saturated carbocycles. The van der Waals surface area contributed by atoms with Gasteiger partial charge < -0.3 is 4.74 Å². The Labute approximate surface area is 95.5 Å². The second-order valence-electron chi connectivity index (χ2n) is 3.50. The summed E-state index contributed by atoms with van der Waals surface area (Å²) in [4.78, 5) is 10.4. The maximum atomic E-state index is 10.4. The Morgan fingerprint density at radius 3 is 2.00 bits per heavy atom. The summed E-state index contributed by atoms with van der Waals surface area (Å²) in [6.45, 7) is 2.05. The first kappa shape index (κ1) is 13.9. The number of carbonyl (C=O) groups is 1. The number of halogens is 1. The molecule has 0 radical (unpaired) electrons. The van der Waals surface area contributed by atoms with Crippen LogP contribution in [0, 0.1) is 0 Å². The highest BCUT2D eigenvalue weighted by atomic mass is 79.9. The van der Waals surface area contributed by atoms with Crippen LogP contribution < -0.4 is 0 Å². The number of ether oxygens (including phenoxy) is 1. The van der Waals surface area contributed by atoms with Gasteiger partial charge in [0, 0.05) is 12.3 Å². The highest BCUT2D eigenvalue weighted by Crippen LogP contribution is 2.07. The topological polar surface area (TPSA) is 26.3 Å². The smallest absolute Gasteiger partial charge is 0.302 e. The van der Waals surface area contributed by atoms with Crippen LogP contribution in [0.3, 0.4) is 0 Å². The molecule has 0 atom stereocenters. The monoisotopic (exact) mass is 264 g/mol. The number of unbranched alkanes of at least 4 members (excludes halogenated alkanes) is 6. The molecule has 0 unspecified atom stereocenters. The van der Waals surface area contributed by atoms with E-state index in [0.717, 1.165) is 11.8 Å². The van der Waals surface area contributed by atoms with Crippen molar-refractivity contribution in [3.63, 3.8) is 0 Å². The quantitative estimate of drug-likeness (QED) is 0.361. The number of rotatable bonds is 9. The van der Waals surface area contributed by atoms with E-state index in [-0.39, 0.29) is 5.97 Å². The van der Waals surface area contributed by atoms with Crippen molar-refractivity contribution in [1.29, 1.82) is 0 Å². The van der Waals surface area contributed by atoms with E-state index in [1.807, 2.05) is 0 Å². The Kier molecular flexibility index (Phi) is 11.0. The zero-order valence-corrected chi connectivity index (χ0v) is 10.6. The summed E-state index contributed by atoms with van der Waals surface area (Å²) in [7, 11) is 0. The Bertz CT molecular complexity index is 137. The van der Waals surface area contributed by atoms with Gasteiger partial charge in [0.1, 0.15) is 0 Å². The van der Waals surface area contributed by atoms with Gasteiger partial charge in [0.2, 0.25) is 0 Å². The lowest BCUT2D eigenvalue weighted by molar-refractivity contribution is -0.141. The van der Waals surface area contributed by atoms with Crippen LogP contribution >= 0.6 is 15.9 Å². The summed E-state index contributed by atoms with van der Waals surface area (Å²) >= 11 is 3.42. The summed E-state index contributed by atoms with van der Waals surface area (Å²) in [6.07, 6.45) is 8.72. The molecule has 0 aromatic rings. The van der Waals surface area contributed by atoms with Crippen LogP contribution in [-0.4, -0.2) is 17.9 Å². The minimum absolute atomic E-state index is 0.165. The maximum Gasteiger partial charge on any atom is 0.302 e. The van der Waals surface area contributed by atoms with Crippen LogP contribution in [0.15, 0.2) is 0 Å². The van der Waals surface area contributed by atoms with Crippen LogP contribution in [0.5, 0.6) is 0 Å². The van der Waals surface area contributed by atoms with Crippen molar-refractivity contribution >= 4 is 21.9 Å². The van der Waals surface area contributed by atoms with E-state index < -0.39 is 0 Å². The molecular formula is C11H21BrO2. The second kappa shape index (κ2) is 11.0. The molecule has 0 saturated heterocycles. The van der Waals surface area contributed by atoms with Gasteiger partial charge in [0.25, 0.3) is 0 Å². The number of alkyl halides is 1. The van der Waals surface area contributed by atoms with Gasteiger partial charge >= 0.3 is 5.97 Å². The molecule has 84 valence electrons. The van der Waals surface area contributed by atoms with Crippen molar-refractivity contribution in [1.82, 2.24) is 0 Å². The molecule has 0 aromatic heterocycles. The summed E-state index contributed by atoms with van der Waals surface area (Å²) < 4.78 is 4.84. The lowest BCUT2D eigenvalue weighted by atomic mass is 10.1. The molecule has 0 heterocycles. The van der Waals surface area contributed by atoms with Crippen molar-refractivity contribution in [2.75, 3.05) is 11.9 Å². The number of hydrogen-bond donors (Lipinski definition) is 0. The standard InChI is InChI=1S/C11H21BrO2/c1-11(13)14-10-8-6-4-2-3-5-7-9-12/h2-10H2,1H3. The van der Waals surface area contributed by atoms with Crippen molar-refractivity contribution < 1.29 is 9.53 Å². The Balaban J connectivity index is 2.88. The fourth-order valence-corrected chi connectivity index (χ4v) is 1.69. The van der Waals surface area contributed by atoms with Crippen molar-refractivity contribution in [2.45, 2.75) is 51.9 Å². The zero-order chi connectivity index (χ0) is 10.6. The van der Waals surface area contributed by atoms with Gasteiger partial charge in [-0.05, 0) is 12.8 Å². The average molecular weight is 265 g/mol. The summed E-state index contributed by atoms with van der Waals surface area (Å²) in [5, 5.41) is 1.12. The fourth-order valence-electron chi connectivity index (χ4n) is 1.30. The lowest BCUT2D eigenvalue weighted by Gasteiger charge is -2.02. The third kappa shape index (κ3) is 11.9. The number of hydrogen-bond acceptors (Lipinski definition) is 2. The third-order valence-corrected chi connectivity index (χ3v) is 2.64. The van der Waals surface area contributed by atoms with Crippen LogP contribution in [0.25, 0.3) is 0 Å². The van der Waals surface area contributed by atoms with Gasteiger partial charge in [-0.25, -0.2) is 0 Å². The SMILES string of the molecule is CC(=O)OCCCCCCCCCBr. The molecule has 0 aliphatic rings. The average Bonchev–Trinajstić information content (AvgIpc) is 2.15. The molecule has 0 bridgehead atoms. The molecule has 2 nitrogen and oxygen atoms in total. The maximum absolute atomic E-state index is 10.4.